The third kappa shape index (κ3) is 3.70. The van der Waals surface area contributed by atoms with Crippen molar-refractivity contribution in [3.05, 3.63) is 29.8 Å². The van der Waals surface area contributed by atoms with Gasteiger partial charge in [-0.3, -0.25) is 0 Å². The molecule has 1 unspecified atom stereocenters. The van der Waals surface area contributed by atoms with Gasteiger partial charge >= 0.3 is 5.97 Å². The molecule has 0 saturated heterocycles. The van der Waals surface area contributed by atoms with Crippen LogP contribution in [0.25, 0.3) is 0 Å². The van der Waals surface area contributed by atoms with Gasteiger partial charge in [-0.1, -0.05) is 26.1 Å². The molecule has 4 nitrogen and oxygen atoms in total. The standard InChI is InChI=1S/C13H18N2O2S/c1-8(2)11(13(16)17-3)15-10-6-4-9(5-7-10)12(14)18/h4-8,11,15H,1-3H3,(H2,14,18). The van der Waals surface area contributed by atoms with Gasteiger partial charge in [0.2, 0.25) is 0 Å². The second-order valence-electron chi connectivity index (χ2n) is 4.33. The van der Waals surface area contributed by atoms with E-state index in [1.807, 2.05) is 38.1 Å². The number of thiocarbonyl (C=S) groups is 1. The predicted octanol–water partition coefficient (Wildman–Crippen LogP) is 1.93. The Bertz CT molecular complexity index is 429. The van der Waals surface area contributed by atoms with E-state index in [4.69, 9.17) is 22.7 Å². The van der Waals surface area contributed by atoms with Crippen LogP contribution in [0.4, 0.5) is 5.69 Å². The Hall–Kier alpha value is -1.62. The summed E-state index contributed by atoms with van der Waals surface area (Å²) in [5.41, 5.74) is 7.15. The van der Waals surface area contributed by atoms with E-state index >= 15 is 0 Å². The van der Waals surface area contributed by atoms with Crippen LogP contribution in [-0.2, 0) is 9.53 Å². The van der Waals surface area contributed by atoms with Gasteiger partial charge in [0.25, 0.3) is 0 Å². The molecular weight excluding hydrogens is 248 g/mol. The first-order chi connectivity index (χ1) is 8.45. The molecule has 0 radical (unpaired) electrons. The maximum Gasteiger partial charge on any atom is 0.328 e. The summed E-state index contributed by atoms with van der Waals surface area (Å²) >= 11 is 4.88. The van der Waals surface area contributed by atoms with Crippen LogP contribution in [0, 0.1) is 5.92 Å². The Morgan fingerprint density at radius 2 is 1.89 bits per heavy atom. The van der Waals surface area contributed by atoms with E-state index in [2.05, 4.69) is 5.32 Å². The lowest BCUT2D eigenvalue weighted by molar-refractivity contribution is -0.142. The zero-order valence-electron chi connectivity index (χ0n) is 10.8. The third-order valence-electron chi connectivity index (χ3n) is 2.61. The number of nitrogens with two attached hydrogens (primary N) is 1. The highest BCUT2D eigenvalue weighted by Crippen LogP contribution is 2.15. The molecule has 0 aromatic heterocycles. The lowest BCUT2D eigenvalue weighted by atomic mass is 10.0. The van der Waals surface area contributed by atoms with E-state index < -0.39 is 0 Å². The number of benzene rings is 1. The summed E-state index contributed by atoms with van der Waals surface area (Å²) in [5, 5.41) is 3.14. The number of rotatable bonds is 5. The Morgan fingerprint density at radius 3 is 2.28 bits per heavy atom. The minimum absolute atomic E-state index is 0.132. The summed E-state index contributed by atoms with van der Waals surface area (Å²) in [5.74, 6) is -0.142. The molecule has 1 aromatic carbocycles. The van der Waals surface area contributed by atoms with Crippen molar-refractivity contribution in [2.75, 3.05) is 12.4 Å². The molecule has 0 aliphatic carbocycles. The Labute approximate surface area is 113 Å². The summed E-state index contributed by atoms with van der Waals surface area (Å²) in [6.45, 7) is 3.91. The van der Waals surface area contributed by atoms with Crippen molar-refractivity contribution in [3.8, 4) is 0 Å². The van der Waals surface area contributed by atoms with Crippen LogP contribution in [0.15, 0.2) is 24.3 Å². The maximum atomic E-state index is 11.6. The van der Waals surface area contributed by atoms with Gasteiger partial charge in [-0.15, -0.1) is 0 Å². The van der Waals surface area contributed by atoms with E-state index in [9.17, 15) is 4.79 Å². The quantitative estimate of drug-likeness (QED) is 0.630. The molecule has 0 aliphatic heterocycles. The van der Waals surface area contributed by atoms with Crippen molar-refractivity contribution in [2.24, 2.45) is 11.7 Å². The number of ether oxygens (including phenoxy) is 1. The number of hydrogen-bond donors (Lipinski definition) is 2. The second-order valence-corrected chi connectivity index (χ2v) is 4.77. The number of carbonyl (C=O) groups excluding carboxylic acids is 1. The smallest absolute Gasteiger partial charge is 0.328 e. The number of carbonyl (C=O) groups is 1. The highest BCUT2D eigenvalue weighted by atomic mass is 32.1. The molecule has 1 rings (SSSR count). The molecule has 0 saturated carbocycles. The summed E-state index contributed by atoms with van der Waals surface area (Å²) in [6.07, 6.45) is 0. The SMILES string of the molecule is COC(=O)C(Nc1ccc(C(N)=S)cc1)C(C)C. The predicted molar refractivity (Wildman–Crippen MR) is 76.6 cm³/mol. The third-order valence-corrected chi connectivity index (χ3v) is 2.85. The Morgan fingerprint density at radius 1 is 1.33 bits per heavy atom. The summed E-state index contributed by atoms with van der Waals surface area (Å²) < 4.78 is 4.77. The molecule has 0 fully saturated rings. The lowest BCUT2D eigenvalue weighted by Gasteiger charge is -2.21. The molecule has 18 heavy (non-hydrogen) atoms. The van der Waals surface area contributed by atoms with Crippen LogP contribution >= 0.6 is 12.2 Å². The van der Waals surface area contributed by atoms with Gasteiger partial charge in [0.05, 0.1) is 7.11 Å². The second kappa shape index (κ2) is 6.35. The first-order valence-electron chi connectivity index (χ1n) is 5.70. The zero-order valence-corrected chi connectivity index (χ0v) is 11.6. The van der Waals surface area contributed by atoms with Crippen LogP contribution in [0.5, 0.6) is 0 Å². The molecule has 1 aromatic rings. The highest BCUT2D eigenvalue weighted by molar-refractivity contribution is 7.80. The average molecular weight is 266 g/mol. The van der Waals surface area contributed by atoms with Crippen molar-refractivity contribution in [2.45, 2.75) is 19.9 Å². The normalized spacial score (nSPS) is 12.0. The number of nitrogens with one attached hydrogen (secondary N) is 1. The van der Waals surface area contributed by atoms with Gasteiger partial charge in [0, 0.05) is 11.3 Å². The van der Waals surface area contributed by atoms with E-state index in [0.29, 0.717) is 4.99 Å². The van der Waals surface area contributed by atoms with Crippen LogP contribution in [0.1, 0.15) is 19.4 Å². The van der Waals surface area contributed by atoms with Crippen LogP contribution in [0.2, 0.25) is 0 Å². The molecule has 5 heteroatoms. The summed E-state index contributed by atoms with van der Waals surface area (Å²) in [4.78, 5) is 12.0. The molecular formula is C13H18N2O2S. The van der Waals surface area contributed by atoms with Gasteiger partial charge < -0.3 is 15.8 Å². The van der Waals surface area contributed by atoms with Crippen molar-refractivity contribution in [3.63, 3.8) is 0 Å². The van der Waals surface area contributed by atoms with Crippen molar-refractivity contribution < 1.29 is 9.53 Å². The topological polar surface area (TPSA) is 64.3 Å². The van der Waals surface area contributed by atoms with Crippen LogP contribution in [0.3, 0.4) is 0 Å². The summed E-state index contributed by atoms with van der Waals surface area (Å²) in [6, 6.07) is 6.95. The molecule has 3 N–H and O–H groups in total. The number of methoxy groups -OCH3 is 1. The first kappa shape index (κ1) is 14.4. The van der Waals surface area contributed by atoms with Crippen LogP contribution in [-0.4, -0.2) is 24.1 Å². The largest absolute Gasteiger partial charge is 0.467 e. The van der Waals surface area contributed by atoms with Gasteiger partial charge in [-0.2, -0.15) is 0 Å². The van der Waals surface area contributed by atoms with E-state index in [0.717, 1.165) is 11.3 Å². The molecule has 0 heterocycles. The molecule has 0 aliphatic rings. The fourth-order valence-electron chi connectivity index (χ4n) is 1.54. The molecule has 98 valence electrons. The highest BCUT2D eigenvalue weighted by Gasteiger charge is 2.22. The van der Waals surface area contributed by atoms with Gasteiger partial charge in [-0.05, 0) is 30.2 Å². The number of anilines is 1. The van der Waals surface area contributed by atoms with E-state index in [1.165, 1.54) is 7.11 Å². The minimum atomic E-state index is -0.370. The van der Waals surface area contributed by atoms with Gasteiger partial charge in [-0.25, -0.2) is 4.79 Å². The molecule has 0 spiro atoms. The lowest BCUT2D eigenvalue weighted by Crippen LogP contribution is -2.35. The number of hydrogen-bond acceptors (Lipinski definition) is 4. The van der Waals surface area contributed by atoms with E-state index in [1.54, 1.807) is 0 Å². The van der Waals surface area contributed by atoms with Crippen molar-refractivity contribution >= 4 is 28.9 Å². The van der Waals surface area contributed by atoms with Crippen LogP contribution < -0.4 is 11.1 Å². The average Bonchev–Trinajstić information content (AvgIpc) is 2.35. The monoisotopic (exact) mass is 266 g/mol. The fraction of sp³-hybridized carbons (Fsp3) is 0.385. The van der Waals surface area contributed by atoms with Crippen molar-refractivity contribution in [1.82, 2.24) is 0 Å². The van der Waals surface area contributed by atoms with Gasteiger partial charge in [0.15, 0.2) is 0 Å². The molecule has 1 atom stereocenters. The Kier molecular flexibility index (Phi) is 5.09. The number of esters is 1. The minimum Gasteiger partial charge on any atom is -0.467 e. The molecule has 0 bridgehead atoms. The maximum absolute atomic E-state index is 11.6. The van der Waals surface area contributed by atoms with E-state index in [-0.39, 0.29) is 17.9 Å². The Balaban J connectivity index is 2.81. The van der Waals surface area contributed by atoms with Gasteiger partial charge in [0.1, 0.15) is 11.0 Å². The molecule has 0 amide bonds. The van der Waals surface area contributed by atoms with Crippen molar-refractivity contribution in [1.29, 1.82) is 0 Å². The fourth-order valence-corrected chi connectivity index (χ4v) is 1.67. The summed E-state index contributed by atoms with van der Waals surface area (Å²) in [7, 11) is 1.38. The first-order valence-corrected chi connectivity index (χ1v) is 6.10. The zero-order chi connectivity index (χ0) is 13.7.